The van der Waals surface area contributed by atoms with Crippen molar-refractivity contribution in [1.82, 2.24) is 15.1 Å². The number of hydrogen-bond acceptors (Lipinski definition) is 5. The summed E-state index contributed by atoms with van der Waals surface area (Å²) in [5, 5.41) is 12.4. The van der Waals surface area contributed by atoms with Crippen LogP contribution in [0.15, 0.2) is 23.0 Å². The Kier molecular flexibility index (Phi) is 3.66. The van der Waals surface area contributed by atoms with Crippen LogP contribution in [0.2, 0.25) is 0 Å². The standard InChI is InChI=1S/C12H13N3O3/c1-8-5-6-13-7-9(8)12-14-10(18-15-12)3-2-4-11(16)17/h5-7H,2-4H2,1H3,(H,16,17). The molecule has 0 aliphatic rings. The van der Waals surface area contributed by atoms with Gasteiger partial charge in [0.15, 0.2) is 0 Å². The fraction of sp³-hybridized carbons (Fsp3) is 0.333. The molecule has 1 N–H and O–H groups in total. The molecule has 0 saturated heterocycles. The smallest absolute Gasteiger partial charge is 0.303 e. The quantitative estimate of drug-likeness (QED) is 0.867. The Balaban J connectivity index is 2.06. The first-order valence-corrected chi connectivity index (χ1v) is 5.62. The molecule has 0 saturated carbocycles. The van der Waals surface area contributed by atoms with Gasteiger partial charge in [-0.2, -0.15) is 4.98 Å². The molecule has 2 aromatic heterocycles. The van der Waals surface area contributed by atoms with E-state index in [2.05, 4.69) is 15.1 Å². The van der Waals surface area contributed by atoms with Crippen molar-refractivity contribution in [2.24, 2.45) is 0 Å². The van der Waals surface area contributed by atoms with Crippen LogP contribution in [0.1, 0.15) is 24.3 Å². The zero-order valence-corrected chi connectivity index (χ0v) is 9.96. The maximum Gasteiger partial charge on any atom is 0.303 e. The average molecular weight is 247 g/mol. The topological polar surface area (TPSA) is 89.1 Å². The fourth-order valence-corrected chi connectivity index (χ4v) is 1.55. The molecule has 0 aliphatic carbocycles. The van der Waals surface area contributed by atoms with E-state index in [-0.39, 0.29) is 6.42 Å². The second-order valence-electron chi connectivity index (χ2n) is 3.95. The molecule has 0 radical (unpaired) electrons. The first-order valence-electron chi connectivity index (χ1n) is 5.62. The van der Waals surface area contributed by atoms with E-state index in [1.54, 1.807) is 12.4 Å². The molecule has 18 heavy (non-hydrogen) atoms. The molecule has 6 nitrogen and oxygen atoms in total. The molecular weight excluding hydrogens is 234 g/mol. The van der Waals surface area contributed by atoms with Crippen LogP contribution in [0.3, 0.4) is 0 Å². The van der Waals surface area contributed by atoms with Gasteiger partial charge in [-0.1, -0.05) is 5.16 Å². The summed E-state index contributed by atoms with van der Waals surface area (Å²) in [6.07, 6.45) is 4.44. The average Bonchev–Trinajstić information content (AvgIpc) is 2.78. The van der Waals surface area contributed by atoms with Gasteiger partial charge in [0.25, 0.3) is 0 Å². The zero-order valence-electron chi connectivity index (χ0n) is 9.96. The summed E-state index contributed by atoms with van der Waals surface area (Å²) < 4.78 is 5.07. The van der Waals surface area contributed by atoms with Gasteiger partial charge in [0, 0.05) is 30.8 Å². The zero-order chi connectivity index (χ0) is 13.0. The molecule has 0 aromatic carbocycles. The number of aliphatic carboxylic acids is 1. The lowest BCUT2D eigenvalue weighted by molar-refractivity contribution is -0.137. The van der Waals surface area contributed by atoms with Crippen molar-refractivity contribution in [3.05, 3.63) is 29.9 Å². The summed E-state index contributed by atoms with van der Waals surface area (Å²) in [4.78, 5) is 18.6. The SMILES string of the molecule is Cc1ccncc1-c1noc(CCCC(=O)O)n1. The van der Waals surface area contributed by atoms with Gasteiger partial charge < -0.3 is 9.63 Å². The van der Waals surface area contributed by atoms with Gasteiger partial charge in [-0.25, -0.2) is 0 Å². The van der Waals surface area contributed by atoms with E-state index >= 15 is 0 Å². The van der Waals surface area contributed by atoms with E-state index in [0.717, 1.165) is 11.1 Å². The highest BCUT2D eigenvalue weighted by Gasteiger charge is 2.11. The van der Waals surface area contributed by atoms with Crippen molar-refractivity contribution in [2.75, 3.05) is 0 Å². The van der Waals surface area contributed by atoms with Gasteiger partial charge in [-0.3, -0.25) is 9.78 Å². The molecule has 6 heteroatoms. The van der Waals surface area contributed by atoms with Crippen LogP contribution in [-0.2, 0) is 11.2 Å². The Morgan fingerprint density at radius 2 is 2.33 bits per heavy atom. The number of carboxylic acid groups (broad SMARTS) is 1. The minimum atomic E-state index is -0.821. The first-order chi connectivity index (χ1) is 8.66. The molecule has 0 unspecified atom stereocenters. The third-order valence-corrected chi connectivity index (χ3v) is 2.53. The fourth-order valence-electron chi connectivity index (χ4n) is 1.55. The van der Waals surface area contributed by atoms with Crippen molar-refractivity contribution in [2.45, 2.75) is 26.2 Å². The number of nitrogens with zero attached hydrogens (tertiary/aromatic N) is 3. The largest absolute Gasteiger partial charge is 0.481 e. The van der Waals surface area contributed by atoms with E-state index in [4.69, 9.17) is 9.63 Å². The lowest BCUT2D eigenvalue weighted by atomic mass is 10.1. The summed E-state index contributed by atoms with van der Waals surface area (Å²) in [5.41, 5.74) is 1.84. The highest BCUT2D eigenvalue weighted by Crippen LogP contribution is 2.19. The summed E-state index contributed by atoms with van der Waals surface area (Å²) >= 11 is 0. The van der Waals surface area contributed by atoms with Crippen LogP contribution in [0.4, 0.5) is 0 Å². The van der Waals surface area contributed by atoms with Crippen LogP contribution >= 0.6 is 0 Å². The van der Waals surface area contributed by atoms with Crippen LogP contribution in [0.25, 0.3) is 11.4 Å². The third-order valence-electron chi connectivity index (χ3n) is 2.53. The number of carboxylic acids is 1. The van der Waals surface area contributed by atoms with Gasteiger partial charge in [0.05, 0.1) is 0 Å². The highest BCUT2D eigenvalue weighted by molar-refractivity contribution is 5.66. The molecule has 0 fully saturated rings. The second kappa shape index (κ2) is 5.39. The van der Waals surface area contributed by atoms with Gasteiger partial charge in [-0.15, -0.1) is 0 Å². The van der Waals surface area contributed by atoms with Crippen LogP contribution in [0.5, 0.6) is 0 Å². The van der Waals surface area contributed by atoms with E-state index < -0.39 is 5.97 Å². The summed E-state index contributed by atoms with van der Waals surface area (Å²) in [6, 6.07) is 1.87. The second-order valence-corrected chi connectivity index (χ2v) is 3.95. The molecule has 2 rings (SSSR count). The Morgan fingerprint density at radius 3 is 3.06 bits per heavy atom. The summed E-state index contributed by atoms with van der Waals surface area (Å²) in [6.45, 7) is 1.94. The van der Waals surface area contributed by atoms with Crippen molar-refractivity contribution in [1.29, 1.82) is 0 Å². The van der Waals surface area contributed by atoms with Crippen LogP contribution in [-0.4, -0.2) is 26.2 Å². The van der Waals surface area contributed by atoms with Crippen LogP contribution < -0.4 is 0 Å². The Morgan fingerprint density at radius 1 is 1.50 bits per heavy atom. The van der Waals surface area contributed by atoms with E-state index in [1.807, 2.05) is 13.0 Å². The van der Waals surface area contributed by atoms with Crippen molar-refractivity contribution in [3.8, 4) is 11.4 Å². The Hall–Kier alpha value is -2.24. The Bertz CT molecular complexity index is 551. The molecular formula is C12H13N3O3. The Labute approximate surface area is 104 Å². The normalized spacial score (nSPS) is 10.5. The van der Waals surface area contributed by atoms with Crippen molar-refractivity contribution < 1.29 is 14.4 Å². The highest BCUT2D eigenvalue weighted by atomic mass is 16.5. The van der Waals surface area contributed by atoms with Crippen molar-refractivity contribution >= 4 is 5.97 Å². The van der Waals surface area contributed by atoms with E-state index in [9.17, 15) is 4.79 Å². The third kappa shape index (κ3) is 2.91. The van der Waals surface area contributed by atoms with E-state index in [1.165, 1.54) is 0 Å². The van der Waals surface area contributed by atoms with Crippen LogP contribution in [0, 0.1) is 6.92 Å². The minimum absolute atomic E-state index is 0.101. The van der Waals surface area contributed by atoms with Gasteiger partial charge in [0.1, 0.15) is 0 Å². The molecule has 0 aliphatic heterocycles. The minimum Gasteiger partial charge on any atom is -0.481 e. The lowest BCUT2D eigenvalue weighted by Gasteiger charge is -1.97. The maximum atomic E-state index is 10.4. The van der Waals surface area contributed by atoms with Gasteiger partial charge >= 0.3 is 5.97 Å². The number of aromatic nitrogens is 3. The number of pyridine rings is 1. The molecule has 0 atom stereocenters. The predicted octanol–water partition coefficient (Wildman–Crippen LogP) is 1.85. The molecule has 0 amide bonds. The van der Waals surface area contributed by atoms with Gasteiger partial charge in [-0.05, 0) is 25.0 Å². The summed E-state index contributed by atoms with van der Waals surface area (Å²) in [5.74, 6) is 0.123. The molecule has 0 bridgehead atoms. The number of rotatable bonds is 5. The predicted molar refractivity (Wildman–Crippen MR) is 62.8 cm³/mol. The van der Waals surface area contributed by atoms with Crippen molar-refractivity contribution in [3.63, 3.8) is 0 Å². The summed E-state index contributed by atoms with van der Waals surface area (Å²) in [7, 11) is 0. The number of hydrogen-bond donors (Lipinski definition) is 1. The monoisotopic (exact) mass is 247 g/mol. The molecule has 2 heterocycles. The maximum absolute atomic E-state index is 10.4. The van der Waals surface area contributed by atoms with Gasteiger partial charge in [0.2, 0.25) is 11.7 Å². The molecule has 94 valence electrons. The number of carbonyl (C=O) groups is 1. The number of aryl methyl sites for hydroxylation is 2. The van der Waals surface area contributed by atoms with E-state index in [0.29, 0.717) is 24.6 Å². The lowest BCUT2D eigenvalue weighted by Crippen LogP contribution is -1.96. The molecule has 0 spiro atoms. The molecule has 2 aromatic rings. The first kappa shape index (κ1) is 12.2.